The standard InChI is InChI=1S/C21H20N4O2/c1-15-6-5-9-17(12-22)20(15)25(19-13-26-14-27-19)18-10-11-23-21(24-18)16-7-3-2-4-8-16/h2-11,13H,12,14,22H2,1H3. The molecule has 1 aromatic heterocycles. The largest absolute Gasteiger partial charge is 0.459 e. The Morgan fingerprint density at radius 1 is 1.07 bits per heavy atom. The molecule has 3 aromatic rings. The number of benzene rings is 2. The fourth-order valence-corrected chi connectivity index (χ4v) is 3.09. The molecule has 4 rings (SSSR count). The number of hydrogen-bond acceptors (Lipinski definition) is 6. The first kappa shape index (κ1) is 17.1. The van der Waals surface area contributed by atoms with Crippen LogP contribution in [0.25, 0.3) is 11.4 Å². The molecule has 2 heterocycles. The molecule has 0 unspecified atom stereocenters. The predicted molar refractivity (Wildman–Crippen MR) is 104 cm³/mol. The number of aromatic nitrogens is 2. The first-order valence-electron chi connectivity index (χ1n) is 8.69. The third-order valence-electron chi connectivity index (χ3n) is 4.35. The summed E-state index contributed by atoms with van der Waals surface area (Å²) in [7, 11) is 0. The Bertz CT molecular complexity index is 973. The number of anilines is 2. The molecule has 0 bridgehead atoms. The highest BCUT2D eigenvalue weighted by Crippen LogP contribution is 2.36. The molecule has 6 heteroatoms. The van der Waals surface area contributed by atoms with Gasteiger partial charge in [0.2, 0.25) is 12.7 Å². The minimum Gasteiger partial charge on any atom is -0.459 e. The van der Waals surface area contributed by atoms with Gasteiger partial charge < -0.3 is 15.2 Å². The smallest absolute Gasteiger partial charge is 0.238 e. The van der Waals surface area contributed by atoms with Crippen LogP contribution in [-0.2, 0) is 16.0 Å². The van der Waals surface area contributed by atoms with Gasteiger partial charge in [0.05, 0.1) is 5.69 Å². The van der Waals surface area contributed by atoms with E-state index in [1.807, 2.05) is 66.4 Å². The maximum atomic E-state index is 6.00. The van der Waals surface area contributed by atoms with Crippen LogP contribution in [0.1, 0.15) is 11.1 Å². The Morgan fingerprint density at radius 3 is 2.67 bits per heavy atom. The highest BCUT2D eigenvalue weighted by Gasteiger charge is 2.25. The van der Waals surface area contributed by atoms with Crippen LogP contribution in [0, 0.1) is 6.92 Å². The number of ether oxygens (including phenoxy) is 2. The Hall–Kier alpha value is -3.38. The average Bonchev–Trinajstić information content (AvgIpc) is 3.25. The van der Waals surface area contributed by atoms with Gasteiger partial charge in [-0.05, 0) is 24.1 Å². The van der Waals surface area contributed by atoms with Gasteiger partial charge in [0.1, 0.15) is 12.1 Å². The molecule has 0 amide bonds. The molecule has 0 saturated heterocycles. The highest BCUT2D eigenvalue weighted by atomic mass is 16.7. The minimum atomic E-state index is 0.173. The van der Waals surface area contributed by atoms with Gasteiger partial charge >= 0.3 is 0 Å². The molecule has 0 fully saturated rings. The Labute approximate surface area is 157 Å². The number of hydrogen-bond donors (Lipinski definition) is 1. The van der Waals surface area contributed by atoms with Gasteiger partial charge in [0.25, 0.3) is 0 Å². The molecule has 2 aromatic carbocycles. The summed E-state index contributed by atoms with van der Waals surface area (Å²) >= 11 is 0. The van der Waals surface area contributed by atoms with Gasteiger partial charge in [-0.3, -0.25) is 4.90 Å². The molecule has 0 radical (unpaired) electrons. The number of rotatable bonds is 5. The first-order chi connectivity index (χ1) is 13.3. The second-order valence-electron chi connectivity index (χ2n) is 6.11. The van der Waals surface area contributed by atoms with Crippen LogP contribution in [0.2, 0.25) is 0 Å². The lowest BCUT2D eigenvalue weighted by Gasteiger charge is -2.27. The second kappa shape index (κ2) is 7.47. The number of aryl methyl sites for hydroxylation is 1. The lowest BCUT2D eigenvalue weighted by Crippen LogP contribution is -2.21. The summed E-state index contributed by atoms with van der Waals surface area (Å²) in [6, 6.07) is 17.8. The van der Waals surface area contributed by atoms with E-state index in [2.05, 4.69) is 4.98 Å². The van der Waals surface area contributed by atoms with E-state index in [4.69, 9.17) is 20.2 Å². The Balaban J connectivity index is 1.87. The van der Waals surface area contributed by atoms with E-state index >= 15 is 0 Å². The third kappa shape index (κ3) is 3.35. The van der Waals surface area contributed by atoms with Crippen molar-refractivity contribution in [3.63, 3.8) is 0 Å². The lowest BCUT2D eigenvalue weighted by atomic mass is 10.1. The summed E-state index contributed by atoms with van der Waals surface area (Å²) in [4.78, 5) is 11.1. The van der Waals surface area contributed by atoms with Crippen LogP contribution < -0.4 is 10.6 Å². The van der Waals surface area contributed by atoms with Crippen LogP contribution >= 0.6 is 0 Å². The van der Waals surface area contributed by atoms with Crippen LogP contribution in [-0.4, -0.2) is 16.8 Å². The van der Waals surface area contributed by atoms with Crippen molar-refractivity contribution in [1.82, 2.24) is 9.97 Å². The van der Waals surface area contributed by atoms with Crippen molar-refractivity contribution in [2.24, 2.45) is 5.73 Å². The van der Waals surface area contributed by atoms with Gasteiger partial charge in [0, 0.05) is 18.3 Å². The van der Waals surface area contributed by atoms with E-state index in [-0.39, 0.29) is 6.79 Å². The summed E-state index contributed by atoms with van der Waals surface area (Å²) in [6.07, 6.45) is 3.34. The fraction of sp³-hybridized carbons (Fsp3) is 0.143. The van der Waals surface area contributed by atoms with Crippen molar-refractivity contribution in [1.29, 1.82) is 0 Å². The van der Waals surface area contributed by atoms with E-state index in [1.54, 1.807) is 12.5 Å². The predicted octanol–water partition coefficient (Wildman–Crippen LogP) is 3.85. The SMILES string of the molecule is Cc1cccc(CN)c1N(C1=COCO1)c1ccnc(-c2ccccc2)n1. The van der Waals surface area contributed by atoms with Crippen molar-refractivity contribution >= 4 is 11.5 Å². The van der Waals surface area contributed by atoms with Crippen molar-refractivity contribution in [2.45, 2.75) is 13.5 Å². The summed E-state index contributed by atoms with van der Waals surface area (Å²) in [5.41, 5.74) is 9.94. The van der Waals surface area contributed by atoms with E-state index in [1.165, 1.54) is 0 Å². The Kier molecular flexibility index (Phi) is 4.72. The fourth-order valence-electron chi connectivity index (χ4n) is 3.09. The second-order valence-corrected chi connectivity index (χ2v) is 6.11. The zero-order chi connectivity index (χ0) is 18.6. The average molecular weight is 360 g/mol. The molecule has 0 aliphatic carbocycles. The molecular weight excluding hydrogens is 340 g/mol. The molecular formula is C21H20N4O2. The topological polar surface area (TPSA) is 73.5 Å². The molecule has 1 aliphatic rings. The van der Waals surface area contributed by atoms with Crippen molar-refractivity contribution < 1.29 is 9.47 Å². The van der Waals surface area contributed by atoms with Gasteiger partial charge in [-0.1, -0.05) is 48.5 Å². The number of nitrogens with zero attached hydrogens (tertiary/aromatic N) is 3. The minimum absolute atomic E-state index is 0.173. The third-order valence-corrected chi connectivity index (χ3v) is 4.35. The van der Waals surface area contributed by atoms with E-state index in [0.717, 1.165) is 22.4 Å². The summed E-state index contributed by atoms with van der Waals surface area (Å²) in [6.45, 7) is 2.61. The lowest BCUT2D eigenvalue weighted by molar-refractivity contribution is 0.0797. The zero-order valence-electron chi connectivity index (χ0n) is 15.0. The van der Waals surface area contributed by atoms with Crippen LogP contribution in [0.15, 0.2) is 72.9 Å². The normalized spacial score (nSPS) is 12.9. The molecule has 6 nitrogen and oxygen atoms in total. The maximum absolute atomic E-state index is 6.00. The summed E-state index contributed by atoms with van der Waals surface area (Å²) < 4.78 is 11.0. The van der Waals surface area contributed by atoms with E-state index < -0.39 is 0 Å². The van der Waals surface area contributed by atoms with E-state index in [9.17, 15) is 0 Å². The number of nitrogens with two attached hydrogens (primary N) is 1. The van der Waals surface area contributed by atoms with Gasteiger partial charge in [-0.25, -0.2) is 9.97 Å². The Morgan fingerprint density at radius 2 is 1.93 bits per heavy atom. The van der Waals surface area contributed by atoms with Crippen molar-refractivity contribution in [3.8, 4) is 11.4 Å². The molecule has 136 valence electrons. The molecule has 27 heavy (non-hydrogen) atoms. The van der Waals surface area contributed by atoms with Crippen LogP contribution in [0.5, 0.6) is 0 Å². The van der Waals surface area contributed by atoms with Gasteiger partial charge in [-0.2, -0.15) is 0 Å². The van der Waals surface area contributed by atoms with Crippen LogP contribution in [0.4, 0.5) is 11.5 Å². The molecule has 0 spiro atoms. The maximum Gasteiger partial charge on any atom is 0.238 e. The quantitative estimate of drug-likeness (QED) is 0.745. The zero-order valence-corrected chi connectivity index (χ0v) is 15.0. The molecule has 2 N–H and O–H groups in total. The molecule has 0 atom stereocenters. The van der Waals surface area contributed by atoms with Gasteiger partial charge in [0.15, 0.2) is 5.82 Å². The summed E-state index contributed by atoms with van der Waals surface area (Å²) in [5.74, 6) is 1.89. The highest BCUT2D eigenvalue weighted by molar-refractivity contribution is 5.72. The van der Waals surface area contributed by atoms with Crippen molar-refractivity contribution in [2.75, 3.05) is 11.7 Å². The van der Waals surface area contributed by atoms with Gasteiger partial charge in [-0.15, -0.1) is 0 Å². The van der Waals surface area contributed by atoms with Crippen molar-refractivity contribution in [3.05, 3.63) is 84.1 Å². The number of para-hydroxylation sites is 1. The monoisotopic (exact) mass is 360 g/mol. The summed E-state index contributed by atoms with van der Waals surface area (Å²) in [5, 5.41) is 0. The first-order valence-corrected chi connectivity index (χ1v) is 8.69. The van der Waals surface area contributed by atoms with Crippen LogP contribution in [0.3, 0.4) is 0 Å². The molecule has 1 aliphatic heterocycles. The molecule has 0 saturated carbocycles. The van der Waals surface area contributed by atoms with E-state index in [0.29, 0.717) is 24.1 Å².